The van der Waals surface area contributed by atoms with Crippen LogP contribution in [0, 0.1) is 0 Å². The van der Waals surface area contributed by atoms with Crippen LogP contribution in [0.15, 0.2) is 22.9 Å². The van der Waals surface area contributed by atoms with E-state index in [1.807, 2.05) is 6.07 Å². The molecule has 1 aromatic heterocycles. The number of piperidine rings is 1. The molecule has 0 aliphatic carbocycles. The van der Waals surface area contributed by atoms with Gasteiger partial charge in [-0.1, -0.05) is 0 Å². The van der Waals surface area contributed by atoms with Crippen LogP contribution < -0.4 is 4.74 Å². The molecule has 1 N–H and O–H groups in total. The molecule has 1 fully saturated rings. The average Bonchev–Trinajstić information content (AvgIpc) is 2.29. The van der Waals surface area contributed by atoms with Crippen LogP contribution in [0.5, 0.6) is 5.75 Å². The Balaban J connectivity index is 1.88. The Morgan fingerprint density at radius 3 is 2.76 bits per heavy atom. The number of carboxylic acid groups (broad SMARTS) is 1. The number of carbonyl (C=O) groups is 1. The second-order valence-corrected chi connectivity index (χ2v) is 4.84. The fraction of sp³-hybridized carbons (Fsp3) is 0.455. The van der Waals surface area contributed by atoms with Gasteiger partial charge in [0, 0.05) is 36.6 Å². The summed E-state index contributed by atoms with van der Waals surface area (Å²) >= 11 is 3.33. The molecular formula is C11H13BrN2O3. The predicted molar refractivity (Wildman–Crippen MR) is 65.2 cm³/mol. The van der Waals surface area contributed by atoms with Gasteiger partial charge in [0.05, 0.1) is 6.20 Å². The molecule has 17 heavy (non-hydrogen) atoms. The zero-order chi connectivity index (χ0) is 12.3. The number of ether oxygens (including phenoxy) is 1. The van der Waals surface area contributed by atoms with Crippen LogP contribution in [0.25, 0.3) is 0 Å². The summed E-state index contributed by atoms with van der Waals surface area (Å²) in [5.41, 5.74) is 0. The second kappa shape index (κ2) is 5.35. The molecule has 1 aliphatic heterocycles. The molecule has 0 aromatic carbocycles. The molecule has 92 valence electrons. The largest absolute Gasteiger partial charge is 0.489 e. The van der Waals surface area contributed by atoms with E-state index in [2.05, 4.69) is 20.9 Å². The van der Waals surface area contributed by atoms with E-state index in [9.17, 15) is 4.79 Å². The van der Waals surface area contributed by atoms with E-state index in [0.717, 1.165) is 17.3 Å². The van der Waals surface area contributed by atoms with Crippen molar-refractivity contribution in [3.05, 3.63) is 22.9 Å². The highest BCUT2D eigenvalue weighted by Gasteiger charge is 2.23. The van der Waals surface area contributed by atoms with Crippen molar-refractivity contribution in [3.8, 4) is 5.75 Å². The number of likely N-dealkylation sites (tertiary alicyclic amines) is 1. The van der Waals surface area contributed by atoms with Crippen molar-refractivity contribution < 1.29 is 14.6 Å². The number of hydrogen-bond donors (Lipinski definition) is 1. The van der Waals surface area contributed by atoms with E-state index in [4.69, 9.17) is 9.84 Å². The van der Waals surface area contributed by atoms with Crippen LogP contribution in [-0.4, -0.2) is 40.3 Å². The third kappa shape index (κ3) is 3.33. The first-order valence-corrected chi connectivity index (χ1v) is 6.19. The summed E-state index contributed by atoms with van der Waals surface area (Å²) in [5.74, 6) is 0.716. The zero-order valence-electron chi connectivity index (χ0n) is 9.17. The highest BCUT2D eigenvalue weighted by atomic mass is 79.9. The summed E-state index contributed by atoms with van der Waals surface area (Å²) in [5, 5.41) is 8.82. The van der Waals surface area contributed by atoms with Crippen molar-refractivity contribution in [1.29, 1.82) is 0 Å². The summed E-state index contributed by atoms with van der Waals surface area (Å²) in [4.78, 5) is 16.2. The summed E-state index contributed by atoms with van der Waals surface area (Å²) in [6.07, 6.45) is 4.01. The Kier molecular flexibility index (Phi) is 3.83. The molecule has 1 saturated heterocycles. The molecular weight excluding hydrogens is 288 g/mol. The maximum atomic E-state index is 10.7. The summed E-state index contributed by atoms with van der Waals surface area (Å²) in [6, 6.07) is 1.86. The van der Waals surface area contributed by atoms with Crippen molar-refractivity contribution in [2.45, 2.75) is 18.9 Å². The predicted octanol–water partition coefficient (Wildman–Crippen LogP) is 2.37. The lowest BCUT2D eigenvalue weighted by molar-refractivity contribution is 0.0892. The normalized spacial score (nSPS) is 16.9. The van der Waals surface area contributed by atoms with Crippen LogP contribution in [-0.2, 0) is 0 Å². The van der Waals surface area contributed by atoms with Gasteiger partial charge in [-0.3, -0.25) is 4.98 Å². The van der Waals surface area contributed by atoms with E-state index < -0.39 is 6.09 Å². The molecule has 5 nitrogen and oxygen atoms in total. The number of rotatable bonds is 2. The van der Waals surface area contributed by atoms with Crippen molar-refractivity contribution >= 4 is 22.0 Å². The quantitative estimate of drug-likeness (QED) is 0.911. The maximum Gasteiger partial charge on any atom is 0.407 e. The van der Waals surface area contributed by atoms with Crippen molar-refractivity contribution in [2.75, 3.05) is 13.1 Å². The van der Waals surface area contributed by atoms with Crippen molar-refractivity contribution in [3.63, 3.8) is 0 Å². The minimum Gasteiger partial charge on any atom is -0.489 e. The number of pyridine rings is 1. The van der Waals surface area contributed by atoms with Crippen molar-refractivity contribution in [2.24, 2.45) is 0 Å². The highest BCUT2D eigenvalue weighted by Crippen LogP contribution is 2.21. The van der Waals surface area contributed by atoms with Gasteiger partial charge in [0.1, 0.15) is 11.9 Å². The van der Waals surface area contributed by atoms with E-state index in [1.165, 1.54) is 4.90 Å². The lowest BCUT2D eigenvalue weighted by Gasteiger charge is -2.30. The van der Waals surface area contributed by atoms with Crippen LogP contribution in [0.3, 0.4) is 0 Å². The molecule has 2 heterocycles. The first kappa shape index (κ1) is 12.2. The minimum atomic E-state index is -0.854. The lowest BCUT2D eigenvalue weighted by atomic mass is 10.1. The Morgan fingerprint density at radius 1 is 1.47 bits per heavy atom. The van der Waals surface area contributed by atoms with E-state index in [1.54, 1.807) is 12.4 Å². The van der Waals surface area contributed by atoms with Gasteiger partial charge in [-0.15, -0.1) is 0 Å². The Labute approximate surface area is 108 Å². The number of hydrogen-bond acceptors (Lipinski definition) is 3. The molecule has 0 radical (unpaired) electrons. The third-order valence-corrected chi connectivity index (χ3v) is 3.13. The Hall–Kier alpha value is -1.30. The highest BCUT2D eigenvalue weighted by molar-refractivity contribution is 9.10. The fourth-order valence-corrected chi connectivity index (χ4v) is 2.16. The smallest absolute Gasteiger partial charge is 0.407 e. The Morgan fingerprint density at radius 2 is 2.18 bits per heavy atom. The van der Waals surface area contributed by atoms with Gasteiger partial charge in [0.15, 0.2) is 0 Å². The van der Waals surface area contributed by atoms with Gasteiger partial charge in [0.25, 0.3) is 0 Å². The van der Waals surface area contributed by atoms with E-state index in [0.29, 0.717) is 18.8 Å². The molecule has 1 aliphatic rings. The molecule has 1 amide bonds. The minimum absolute atomic E-state index is 0.0710. The number of aromatic nitrogens is 1. The van der Waals surface area contributed by atoms with Crippen molar-refractivity contribution in [1.82, 2.24) is 9.88 Å². The Bertz CT molecular complexity index is 405. The molecule has 0 unspecified atom stereocenters. The fourth-order valence-electron chi connectivity index (χ4n) is 1.81. The molecule has 0 saturated carbocycles. The molecule has 0 bridgehead atoms. The monoisotopic (exact) mass is 300 g/mol. The van der Waals surface area contributed by atoms with Gasteiger partial charge in [-0.05, 0) is 22.0 Å². The molecule has 0 atom stereocenters. The average molecular weight is 301 g/mol. The van der Waals surface area contributed by atoms with E-state index in [-0.39, 0.29) is 6.10 Å². The first-order valence-electron chi connectivity index (χ1n) is 5.40. The second-order valence-electron chi connectivity index (χ2n) is 3.93. The van der Waals surface area contributed by atoms with Gasteiger partial charge < -0.3 is 14.7 Å². The number of nitrogens with zero attached hydrogens (tertiary/aromatic N) is 2. The summed E-state index contributed by atoms with van der Waals surface area (Å²) in [6.45, 7) is 1.06. The SMILES string of the molecule is O=C(O)N1CCC(Oc2cncc(Br)c2)CC1. The van der Waals surface area contributed by atoms with Gasteiger partial charge in [0.2, 0.25) is 0 Å². The van der Waals surface area contributed by atoms with Gasteiger partial charge in [-0.25, -0.2) is 4.79 Å². The first-order chi connectivity index (χ1) is 8.15. The molecule has 2 rings (SSSR count). The number of halogens is 1. The maximum absolute atomic E-state index is 10.7. The van der Waals surface area contributed by atoms with Crippen LogP contribution in [0.1, 0.15) is 12.8 Å². The number of amides is 1. The topological polar surface area (TPSA) is 62.7 Å². The van der Waals surface area contributed by atoms with Crippen LogP contribution >= 0.6 is 15.9 Å². The standard InChI is InChI=1S/C11H13BrN2O3/c12-8-5-10(7-13-6-8)17-9-1-3-14(4-2-9)11(15)16/h5-7,9H,1-4H2,(H,15,16). The van der Waals surface area contributed by atoms with Crippen LogP contribution in [0.2, 0.25) is 0 Å². The summed E-state index contributed by atoms with van der Waals surface area (Å²) < 4.78 is 6.63. The molecule has 6 heteroatoms. The van der Waals surface area contributed by atoms with Gasteiger partial charge >= 0.3 is 6.09 Å². The molecule has 0 spiro atoms. The van der Waals surface area contributed by atoms with Gasteiger partial charge in [-0.2, -0.15) is 0 Å². The van der Waals surface area contributed by atoms with Crippen LogP contribution in [0.4, 0.5) is 4.79 Å². The van der Waals surface area contributed by atoms with E-state index >= 15 is 0 Å². The third-order valence-electron chi connectivity index (χ3n) is 2.70. The zero-order valence-corrected chi connectivity index (χ0v) is 10.8. The lowest BCUT2D eigenvalue weighted by Crippen LogP contribution is -2.41. The molecule has 1 aromatic rings. The summed E-state index contributed by atoms with van der Waals surface area (Å²) in [7, 11) is 0.